The SMILES string of the molecule is CC(C)CCCNCC(C)N1CCCCC1. The molecule has 0 aromatic carbocycles. The molecule has 1 N–H and O–H groups in total. The van der Waals surface area contributed by atoms with Gasteiger partial charge in [0.1, 0.15) is 0 Å². The van der Waals surface area contributed by atoms with E-state index in [0.717, 1.165) is 18.5 Å². The van der Waals surface area contributed by atoms with Crippen LogP contribution in [0, 0.1) is 5.92 Å². The van der Waals surface area contributed by atoms with Crippen LogP contribution in [0.2, 0.25) is 0 Å². The molecule has 0 saturated carbocycles. The highest BCUT2D eigenvalue weighted by Crippen LogP contribution is 2.11. The first kappa shape index (κ1) is 14.0. The van der Waals surface area contributed by atoms with Gasteiger partial charge in [0.25, 0.3) is 0 Å². The summed E-state index contributed by atoms with van der Waals surface area (Å²) in [5, 5.41) is 3.60. The standard InChI is InChI=1S/C14H30N2/c1-13(2)8-7-9-15-12-14(3)16-10-5-4-6-11-16/h13-15H,4-12H2,1-3H3. The van der Waals surface area contributed by atoms with Gasteiger partial charge in [0, 0.05) is 12.6 Å². The second kappa shape index (κ2) is 8.08. The molecule has 0 amide bonds. The highest BCUT2D eigenvalue weighted by Gasteiger charge is 2.15. The summed E-state index contributed by atoms with van der Waals surface area (Å²) in [7, 11) is 0. The van der Waals surface area contributed by atoms with Crippen molar-refractivity contribution in [3.05, 3.63) is 0 Å². The number of hydrogen-bond donors (Lipinski definition) is 1. The van der Waals surface area contributed by atoms with E-state index in [1.165, 1.54) is 51.7 Å². The van der Waals surface area contributed by atoms with Crippen LogP contribution in [0.25, 0.3) is 0 Å². The van der Waals surface area contributed by atoms with Crippen LogP contribution in [0.3, 0.4) is 0 Å². The van der Waals surface area contributed by atoms with Crippen molar-refractivity contribution in [2.75, 3.05) is 26.2 Å². The van der Waals surface area contributed by atoms with Gasteiger partial charge < -0.3 is 5.32 Å². The molecule has 1 atom stereocenters. The number of nitrogens with zero attached hydrogens (tertiary/aromatic N) is 1. The lowest BCUT2D eigenvalue weighted by Crippen LogP contribution is -2.43. The molecule has 1 rings (SSSR count). The minimum Gasteiger partial charge on any atom is -0.315 e. The molecular weight excluding hydrogens is 196 g/mol. The van der Waals surface area contributed by atoms with Crippen LogP contribution in [-0.4, -0.2) is 37.1 Å². The van der Waals surface area contributed by atoms with Crippen LogP contribution in [0.4, 0.5) is 0 Å². The van der Waals surface area contributed by atoms with Gasteiger partial charge >= 0.3 is 0 Å². The van der Waals surface area contributed by atoms with Gasteiger partial charge in [-0.2, -0.15) is 0 Å². The topological polar surface area (TPSA) is 15.3 Å². The Kier molecular flexibility index (Phi) is 7.06. The Balaban J connectivity index is 1.98. The van der Waals surface area contributed by atoms with E-state index in [9.17, 15) is 0 Å². The summed E-state index contributed by atoms with van der Waals surface area (Å²) in [6, 6.07) is 0.722. The second-order valence-corrected chi connectivity index (χ2v) is 5.69. The number of likely N-dealkylation sites (tertiary alicyclic amines) is 1. The maximum absolute atomic E-state index is 3.60. The Hall–Kier alpha value is -0.0800. The number of nitrogens with one attached hydrogen (secondary N) is 1. The minimum absolute atomic E-state index is 0.722. The average molecular weight is 226 g/mol. The van der Waals surface area contributed by atoms with Crippen LogP contribution in [0.5, 0.6) is 0 Å². The fourth-order valence-corrected chi connectivity index (χ4v) is 2.43. The highest BCUT2D eigenvalue weighted by atomic mass is 15.2. The van der Waals surface area contributed by atoms with E-state index in [2.05, 4.69) is 31.0 Å². The average Bonchev–Trinajstić information content (AvgIpc) is 2.29. The molecule has 0 aliphatic carbocycles. The Bertz CT molecular complexity index is 162. The van der Waals surface area contributed by atoms with E-state index >= 15 is 0 Å². The van der Waals surface area contributed by atoms with Gasteiger partial charge in [-0.3, -0.25) is 4.90 Å². The number of rotatable bonds is 7. The molecule has 1 fully saturated rings. The Morgan fingerprint density at radius 3 is 2.38 bits per heavy atom. The fourth-order valence-electron chi connectivity index (χ4n) is 2.43. The predicted molar refractivity (Wildman–Crippen MR) is 71.8 cm³/mol. The molecule has 0 radical (unpaired) electrons. The Morgan fingerprint density at radius 1 is 1.06 bits per heavy atom. The monoisotopic (exact) mass is 226 g/mol. The zero-order chi connectivity index (χ0) is 11.8. The molecule has 1 saturated heterocycles. The van der Waals surface area contributed by atoms with Crippen molar-refractivity contribution in [3.63, 3.8) is 0 Å². The van der Waals surface area contributed by atoms with E-state index in [1.807, 2.05) is 0 Å². The van der Waals surface area contributed by atoms with E-state index in [0.29, 0.717) is 0 Å². The van der Waals surface area contributed by atoms with Crippen LogP contribution in [0.15, 0.2) is 0 Å². The quantitative estimate of drug-likeness (QED) is 0.672. The first-order valence-electron chi connectivity index (χ1n) is 7.15. The molecule has 96 valence electrons. The summed E-state index contributed by atoms with van der Waals surface area (Å²) < 4.78 is 0. The van der Waals surface area contributed by atoms with Crippen molar-refractivity contribution in [2.24, 2.45) is 5.92 Å². The maximum atomic E-state index is 3.60. The molecule has 0 aromatic heterocycles. The van der Waals surface area contributed by atoms with Crippen LogP contribution in [-0.2, 0) is 0 Å². The molecule has 1 aliphatic heterocycles. The second-order valence-electron chi connectivity index (χ2n) is 5.69. The van der Waals surface area contributed by atoms with E-state index in [1.54, 1.807) is 0 Å². The lowest BCUT2D eigenvalue weighted by molar-refractivity contribution is 0.171. The first-order chi connectivity index (χ1) is 7.70. The van der Waals surface area contributed by atoms with Gasteiger partial charge in [-0.05, 0) is 58.2 Å². The lowest BCUT2D eigenvalue weighted by Gasteiger charge is -2.32. The zero-order valence-corrected chi connectivity index (χ0v) is 11.5. The van der Waals surface area contributed by atoms with Gasteiger partial charge in [0.15, 0.2) is 0 Å². The highest BCUT2D eigenvalue weighted by molar-refractivity contribution is 4.73. The van der Waals surface area contributed by atoms with Crippen molar-refractivity contribution in [3.8, 4) is 0 Å². The minimum atomic E-state index is 0.722. The third kappa shape index (κ3) is 5.86. The van der Waals surface area contributed by atoms with E-state index < -0.39 is 0 Å². The summed E-state index contributed by atoms with van der Waals surface area (Å²) in [5.41, 5.74) is 0. The third-order valence-electron chi connectivity index (χ3n) is 3.59. The van der Waals surface area contributed by atoms with E-state index in [4.69, 9.17) is 0 Å². The van der Waals surface area contributed by atoms with Crippen molar-refractivity contribution in [1.29, 1.82) is 0 Å². The molecule has 16 heavy (non-hydrogen) atoms. The first-order valence-corrected chi connectivity index (χ1v) is 7.15. The predicted octanol–water partition coefficient (Wildman–Crippen LogP) is 2.89. The maximum Gasteiger partial charge on any atom is 0.0192 e. The lowest BCUT2D eigenvalue weighted by atomic mass is 10.1. The molecule has 0 spiro atoms. The van der Waals surface area contributed by atoms with Gasteiger partial charge in [-0.1, -0.05) is 20.3 Å². The van der Waals surface area contributed by atoms with Gasteiger partial charge in [0.05, 0.1) is 0 Å². The molecule has 1 unspecified atom stereocenters. The van der Waals surface area contributed by atoms with Crippen LogP contribution < -0.4 is 5.32 Å². The van der Waals surface area contributed by atoms with Crippen molar-refractivity contribution in [1.82, 2.24) is 10.2 Å². The zero-order valence-electron chi connectivity index (χ0n) is 11.5. The summed E-state index contributed by atoms with van der Waals surface area (Å²) in [6.45, 7) is 12.0. The van der Waals surface area contributed by atoms with Crippen molar-refractivity contribution in [2.45, 2.75) is 58.9 Å². The van der Waals surface area contributed by atoms with Crippen molar-refractivity contribution >= 4 is 0 Å². The largest absolute Gasteiger partial charge is 0.315 e. The van der Waals surface area contributed by atoms with Gasteiger partial charge in [0.2, 0.25) is 0 Å². The van der Waals surface area contributed by atoms with Crippen LogP contribution in [0.1, 0.15) is 52.9 Å². The molecule has 1 aliphatic rings. The summed E-state index contributed by atoms with van der Waals surface area (Å²) >= 11 is 0. The molecule has 0 aromatic rings. The summed E-state index contributed by atoms with van der Waals surface area (Å²) in [5.74, 6) is 0.848. The molecule has 2 heteroatoms. The smallest absolute Gasteiger partial charge is 0.0192 e. The summed E-state index contributed by atoms with van der Waals surface area (Å²) in [6.07, 6.45) is 6.91. The normalized spacial score (nSPS) is 20.2. The van der Waals surface area contributed by atoms with E-state index in [-0.39, 0.29) is 0 Å². The molecule has 1 heterocycles. The molecular formula is C14H30N2. The number of hydrogen-bond acceptors (Lipinski definition) is 2. The van der Waals surface area contributed by atoms with Gasteiger partial charge in [-0.25, -0.2) is 0 Å². The Morgan fingerprint density at radius 2 is 1.75 bits per heavy atom. The van der Waals surface area contributed by atoms with Gasteiger partial charge in [-0.15, -0.1) is 0 Å². The third-order valence-corrected chi connectivity index (χ3v) is 3.59. The van der Waals surface area contributed by atoms with Crippen LogP contribution >= 0.6 is 0 Å². The fraction of sp³-hybridized carbons (Fsp3) is 1.00. The number of piperidine rings is 1. The summed E-state index contributed by atoms with van der Waals surface area (Å²) in [4.78, 5) is 2.64. The molecule has 0 bridgehead atoms. The van der Waals surface area contributed by atoms with Crippen molar-refractivity contribution < 1.29 is 0 Å². The Labute approximate surface area is 102 Å². The molecule has 2 nitrogen and oxygen atoms in total.